The van der Waals surface area contributed by atoms with Crippen LogP contribution < -0.4 is 10.6 Å². The molecule has 0 spiro atoms. The topological polar surface area (TPSA) is 135 Å². The second kappa shape index (κ2) is 10.2. The summed E-state index contributed by atoms with van der Waals surface area (Å²) in [5, 5.41) is 22.2. The van der Waals surface area contributed by atoms with Crippen LogP contribution in [0.25, 0.3) is 11.1 Å². The van der Waals surface area contributed by atoms with Crippen molar-refractivity contribution in [3.05, 3.63) is 71.5 Å². The second-order valence-corrected chi connectivity index (χ2v) is 8.00. The minimum Gasteiger partial charge on any atom is -0.481 e. The second-order valence-electron chi connectivity index (χ2n) is 8.00. The first kappa shape index (κ1) is 23.0. The Morgan fingerprint density at radius 2 is 1.74 bits per heavy atom. The van der Waals surface area contributed by atoms with Crippen LogP contribution >= 0.6 is 0 Å². The SMILES string of the molecule is Cn1ncc(CNC(=O)C(CCC(=O)O)NC(=O)OCC2c3ccccc3-c3ccccc32)n1. The van der Waals surface area contributed by atoms with E-state index in [2.05, 4.69) is 20.8 Å². The van der Waals surface area contributed by atoms with Crippen LogP contribution in [0.3, 0.4) is 0 Å². The Bertz CT molecular complexity index is 1160. The average molecular weight is 463 g/mol. The van der Waals surface area contributed by atoms with Crippen molar-refractivity contribution in [3.8, 4) is 11.1 Å². The minimum atomic E-state index is -1.07. The summed E-state index contributed by atoms with van der Waals surface area (Å²) in [6, 6.07) is 14.9. The maximum Gasteiger partial charge on any atom is 0.407 e. The van der Waals surface area contributed by atoms with E-state index in [1.54, 1.807) is 7.05 Å². The Hall–Kier alpha value is -4.21. The normalized spacial score (nSPS) is 13.0. The fourth-order valence-corrected chi connectivity index (χ4v) is 4.09. The summed E-state index contributed by atoms with van der Waals surface area (Å²) >= 11 is 0. The van der Waals surface area contributed by atoms with E-state index in [1.807, 2.05) is 48.5 Å². The summed E-state index contributed by atoms with van der Waals surface area (Å²) in [7, 11) is 1.65. The van der Waals surface area contributed by atoms with Crippen molar-refractivity contribution in [2.45, 2.75) is 31.3 Å². The molecule has 1 aliphatic rings. The summed E-state index contributed by atoms with van der Waals surface area (Å²) in [5.74, 6) is -1.72. The van der Waals surface area contributed by atoms with Gasteiger partial charge in [0.25, 0.3) is 0 Å². The molecule has 0 bridgehead atoms. The van der Waals surface area contributed by atoms with Crippen LogP contribution in [0.15, 0.2) is 54.7 Å². The van der Waals surface area contributed by atoms with Gasteiger partial charge in [0.05, 0.1) is 12.7 Å². The smallest absolute Gasteiger partial charge is 0.407 e. The van der Waals surface area contributed by atoms with E-state index in [1.165, 1.54) is 11.0 Å². The number of amides is 2. The van der Waals surface area contributed by atoms with Crippen LogP contribution in [-0.4, -0.2) is 50.7 Å². The number of carboxylic acids is 1. The molecule has 2 aromatic carbocycles. The van der Waals surface area contributed by atoms with Gasteiger partial charge in [0, 0.05) is 19.4 Å². The highest BCUT2D eigenvalue weighted by atomic mass is 16.5. The van der Waals surface area contributed by atoms with Gasteiger partial charge in [-0.2, -0.15) is 15.0 Å². The molecule has 10 nitrogen and oxygen atoms in total. The van der Waals surface area contributed by atoms with Crippen LogP contribution in [0.1, 0.15) is 35.6 Å². The van der Waals surface area contributed by atoms with Crippen LogP contribution in [0, 0.1) is 0 Å². The molecule has 0 saturated heterocycles. The number of aliphatic carboxylic acids is 1. The van der Waals surface area contributed by atoms with Crippen molar-refractivity contribution in [3.63, 3.8) is 0 Å². The Morgan fingerprint density at radius 1 is 1.09 bits per heavy atom. The third kappa shape index (κ3) is 5.22. The van der Waals surface area contributed by atoms with Crippen molar-refractivity contribution >= 4 is 18.0 Å². The maximum absolute atomic E-state index is 12.6. The zero-order valence-corrected chi connectivity index (χ0v) is 18.6. The van der Waals surface area contributed by atoms with Gasteiger partial charge in [-0.25, -0.2) is 4.79 Å². The van der Waals surface area contributed by atoms with Crippen LogP contribution in [0.5, 0.6) is 0 Å². The molecule has 1 aromatic heterocycles. The lowest BCUT2D eigenvalue weighted by Crippen LogP contribution is -2.47. The lowest BCUT2D eigenvalue weighted by Gasteiger charge is -2.19. The predicted octanol–water partition coefficient (Wildman–Crippen LogP) is 2.20. The highest BCUT2D eigenvalue weighted by molar-refractivity contribution is 5.86. The third-order valence-corrected chi connectivity index (χ3v) is 5.69. The molecule has 0 saturated carbocycles. The van der Waals surface area contributed by atoms with Crippen molar-refractivity contribution in [1.82, 2.24) is 25.6 Å². The number of aryl methyl sites for hydroxylation is 1. The molecule has 1 heterocycles. The first-order valence-corrected chi connectivity index (χ1v) is 10.9. The van der Waals surface area contributed by atoms with E-state index >= 15 is 0 Å². The molecule has 0 aliphatic heterocycles. The number of ether oxygens (including phenoxy) is 1. The first-order valence-electron chi connectivity index (χ1n) is 10.9. The average Bonchev–Trinajstić information content (AvgIpc) is 3.39. The maximum atomic E-state index is 12.6. The molecular formula is C24H25N5O5. The summed E-state index contributed by atoms with van der Waals surface area (Å²) in [4.78, 5) is 37.6. The van der Waals surface area contributed by atoms with Crippen LogP contribution in [0.2, 0.25) is 0 Å². The van der Waals surface area contributed by atoms with Crippen molar-refractivity contribution in [2.24, 2.45) is 7.05 Å². The predicted molar refractivity (Wildman–Crippen MR) is 122 cm³/mol. The Morgan fingerprint density at radius 3 is 2.32 bits per heavy atom. The quantitative estimate of drug-likeness (QED) is 0.443. The molecule has 0 radical (unpaired) electrons. The molecule has 2 amide bonds. The molecule has 1 aliphatic carbocycles. The highest BCUT2D eigenvalue weighted by Crippen LogP contribution is 2.44. The molecule has 176 valence electrons. The number of alkyl carbamates (subject to hydrolysis) is 1. The van der Waals surface area contributed by atoms with Crippen molar-refractivity contribution in [1.29, 1.82) is 0 Å². The number of benzene rings is 2. The van der Waals surface area contributed by atoms with Gasteiger partial charge in [-0.3, -0.25) is 9.59 Å². The summed E-state index contributed by atoms with van der Waals surface area (Å²) in [6.45, 7) is 0.190. The largest absolute Gasteiger partial charge is 0.481 e. The third-order valence-electron chi connectivity index (χ3n) is 5.69. The van der Waals surface area contributed by atoms with Gasteiger partial charge in [0.15, 0.2) is 0 Å². The molecule has 10 heteroatoms. The monoisotopic (exact) mass is 463 g/mol. The van der Waals surface area contributed by atoms with Gasteiger partial charge in [-0.1, -0.05) is 48.5 Å². The van der Waals surface area contributed by atoms with Crippen molar-refractivity contribution < 1.29 is 24.2 Å². The van der Waals surface area contributed by atoms with E-state index in [0.29, 0.717) is 5.69 Å². The molecule has 4 rings (SSSR count). The highest BCUT2D eigenvalue weighted by Gasteiger charge is 2.30. The molecule has 3 aromatic rings. The van der Waals surface area contributed by atoms with Gasteiger partial charge in [0.2, 0.25) is 5.91 Å². The number of carbonyl (C=O) groups is 3. The molecule has 1 atom stereocenters. The minimum absolute atomic E-state index is 0.0775. The number of carbonyl (C=O) groups excluding carboxylic acids is 2. The number of hydrogen-bond donors (Lipinski definition) is 3. The summed E-state index contributed by atoms with van der Waals surface area (Å²) < 4.78 is 5.49. The van der Waals surface area contributed by atoms with Gasteiger partial charge in [0.1, 0.15) is 18.3 Å². The van der Waals surface area contributed by atoms with Gasteiger partial charge >= 0.3 is 12.1 Å². The molecule has 0 fully saturated rings. The summed E-state index contributed by atoms with van der Waals surface area (Å²) in [5.41, 5.74) is 4.89. The van der Waals surface area contributed by atoms with Crippen molar-refractivity contribution in [2.75, 3.05) is 6.61 Å². The van der Waals surface area contributed by atoms with E-state index in [-0.39, 0.29) is 31.9 Å². The van der Waals surface area contributed by atoms with E-state index in [4.69, 9.17) is 9.84 Å². The number of rotatable bonds is 9. The number of hydrogen-bond acceptors (Lipinski definition) is 6. The first-order chi connectivity index (χ1) is 16.4. The molecule has 1 unspecified atom stereocenters. The number of carboxylic acid groups (broad SMARTS) is 1. The van der Waals surface area contributed by atoms with Gasteiger partial charge < -0.3 is 20.5 Å². The lowest BCUT2D eigenvalue weighted by molar-refractivity contribution is -0.137. The van der Waals surface area contributed by atoms with Gasteiger partial charge in [-0.05, 0) is 28.7 Å². The lowest BCUT2D eigenvalue weighted by atomic mass is 9.98. The Labute approximate surface area is 195 Å². The fraction of sp³-hybridized carbons (Fsp3) is 0.292. The van der Waals surface area contributed by atoms with E-state index in [0.717, 1.165) is 22.3 Å². The molecule has 34 heavy (non-hydrogen) atoms. The molecule has 3 N–H and O–H groups in total. The van der Waals surface area contributed by atoms with Crippen LogP contribution in [0.4, 0.5) is 4.79 Å². The van der Waals surface area contributed by atoms with E-state index < -0.39 is 24.0 Å². The van der Waals surface area contributed by atoms with E-state index in [9.17, 15) is 14.4 Å². The number of fused-ring (bicyclic) bond motifs is 3. The number of nitrogens with one attached hydrogen (secondary N) is 2. The standard InChI is InChI=1S/C24H25N5O5/c1-29-26-13-15(28-29)12-25-23(32)21(10-11-22(30)31)27-24(33)34-14-20-18-8-4-2-6-16(18)17-7-3-5-9-19(17)20/h2-9,13,20-21H,10-12,14H2,1H3,(H,25,32)(H,27,33)(H,30,31). The zero-order chi connectivity index (χ0) is 24.1. The van der Waals surface area contributed by atoms with Gasteiger partial charge in [-0.15, -0.1) is 0 Å². The Balaban J connectivity index is 1.38. The number of nitrogens with zero attached hydrogens (tertiary/aromatic N) is 3. The fourth-order valence-electron chi connectivity index (χ4n) is 4.09. The Kier molecular flexibility index (Phi) is 6.86. The zero-order valence-electron chi connectivity index (χ0n) is 18.6. The number of aromatic nitrogens is 3. The summed E-state index contributed by atoms with van der Waals surface area (Å²) in [6.07, 6.45) is 0.358. The molecular weight excluding hydrogens is 438 g/mol. The van der Waals surface area contributed by atoms with Crippen LogP contribution in [-0.2, 0) is 27.9 Å².